The van der Waals surface area contributed by atoms with Gasteiger partial charge in [-0.2, -0.15) is 0 Å². The third kappa shape index (κ3) is 4.72. The van der Waals surface area contributed by atoms with E-state index >= 15 is 0 Å². The van der Waals surface area contributed by atoms with E-state index in [4.69, 9.17) is 4.42 Å². The molecule has 0 unspecified atom stereocenters. The summed E-state index contributed by atoms with van der Waals surface area (Å²) >= 11 is 6.58. The zero-order chi connectivity index (χ0) is 13.7. The number of amides is 2. The maximum atomic E-state index is 11.6. The molecule has 19 heavy (non-hydrogen) atoms. The Balaban J connectivity index is 1.75. The second-order valence-corrected chi connectivity index (χ2v) is 5.56. The van der Waals surface area contributed by atoms with Crippen LogP contribution < -0.4 is 10.6 Å². The third-order valence-electron chi connectivity index (χ3n) is 2.40. The normalized spacial score (nSPS) is 10.2. The lowest BCUT2D eigenvalue weighted by Crippen LogP contribution is -2.30. The van der Waals surface area contributed by atoms with Gasteiger partial charge >= 0.3 is 6.03 Å². The van der Waals surface area contributed by atoms with E-state index in [-0.39, 0.29) is 6.03 Å². The number of urea groups is 1. The number of halogens is 2. The van der Waals surface area contributed by atoms with Gasteiger partial charge in [0.25, 0.3) is 0 Å². The second kappa shape index (κ2) is 6.77. The van der Waals surface area contributed by atoms with Crippen molar-refractivity contribution in [3.63, 3.8) is 0 Å². The molecule has 0 saturated heterocycles. The highest BCUT2D eigenvalue weighted by atomic mass is 79.9. The predicted octanol–water partition coefficient (Wildman–Crippen LogP) is 4.17. The lowest BCUT2D eigenvalue weighted by molar-refractivity contribution is 0.251. The van der Waals surface area contributed by atoms with E-state index in [9.17, 15) is 4.79 Å². The number of carbonyl (C=O) groups is 1. The molecule has 1 aromatic carbocycles. The van der Waals surface area contributed by atoms with E-state index in [0.717, 1.165) is 16.5 Å². The Morgan fingerprint density at radius 2 is 2.05 bits per heavy atom. The van der Waals surface area contributed by atoms with E-state index in [0.29, 0.717) is 17.1 Å². The molecular formula is C13H12Br2N2O2. The van der Waals surface area contributed by atoms with Crippen molar-refractivity contribution >= 4 is 43.8 Å². The first-order chi connectivity index (χ1) is 9.13. The van der Waals surface area contributed by atoms with Gasteiger partial charge in [0.15, 0.2) is 4.67 Å². The van der Waals surface area contributed by atoms with Crippen molar-refractivity contribution < 1.29 is 9.21 Å². The third-order valence-corrected chi connectivity index (χ3v) is 3.32. The Labute approximate surface area is 127 Å². The molecule has 0 aliphatic carbocycles. The largest absolute Gasteiger partial charge is 0.434 e. The van der Waals surface area contributed by atoms with Crippen LogP contribution in [0.2, 0.25) is 0 Å². The Hall–Kier alpha value is -1.27. The van der Waals surface area contributed by atoms with Gasteiger partial charge in [-0.3, -0.25) is 5.32 Å². The maximum Gasteiger partial charge on any atom is 0.321 e. The minimum absolute atomic E-state index is 0.281. The molecule has 2 N–H and O–H groups in total. The molecule has 2 rings (SSSR count). The first-order valence-corrected chi connectivity index (χ1v) is 7.27. The van der Waals surface area contributed by atoms with Crippen LogP contribution in [-0.2, 0) is 6.42 Å². The standard InChI is InChI=1S/C13H12Br2N2O2/c14-10-3-1-2-9(8-10)6-7-16-13(18)17-12-5-4-11(15)19-12/h1-5,8H,6-7H2,(H2,16,17,18). The highest BCUT2D eigenvalue weighted by molar-refractivity contribution is 9.10. The summed E-state index contributed by atoms with van der Waals surface area (Å²) in [6, 6.07) is 11.1. The van der Waals surface area contributed by atoms with Gasteiger partial charge in [-0.1, -0.05) is 28.1 Å². The molecule has 4 nitrogen and oxygen atoms in total. The smallest absolute Gasteiger partial charge is 0.321 e. The van der Waals surface area contributed by atoms with Gasteiger partial charge in [0, 0.05) is 17.1 Å². The fourth-order valence-electron chi connectivity index (χ4n) is 1.55. The molecule has 1 aromatic heterocycles. The summed E-state index contributed by atoms with van der Waals surface area (Å²) in [7, 11) is 0. The zero-order valence-corrected chi connectivity index (χ0v) is 13.1. The first-order valence-electron chi connectivity index (χ1n) is 5.68. The van der Waals surface area contributed by atoms with E-state index in [2.05, 4.69) is 42.5 Å². The van der Waals surface area contributed by atoms with Crippen molar-refractivity contribution in [3.05, 3.63) is 51.1 Å². The molecule has 0 radical (unpaired) electrons. The van der Waals surface area contributed by atoms with E-state index < -0.39 is 0 Å². The average Bonchev–Trinajstić information content (AvgIpc) is 2.75. The van der Waals surface area contributed by atoms with Gasteiger partial charge in [0.05, 0.1) is 0 Å². The van der Waals surface area contributed by atoms with Gasteiger partial charge in [0.1, 0.15) is 0 Å². The Kier molecular flexibility index (Phi) is 5.04. The lowest BCUT2D eigenvalue weighted by atomic mass is 10.1. The number of anilines is 1. The monoisotopic (exact) mass is 386 g/mol. The van der Waals surface area contributed by atoms with Crippen LogP contribution in [0.15, 0.2) is 50.0 Å². The molecule has 1 heterocycles. The van der Waals surface area contributed by atoms with Crippen LogP contribution >= 0.6 is 31.9 Å². The number of hydrogen-bond acceptors (Lipinski definition) is 2. The van der Waals surface area contributed by atoms with Crippen molar-refractivity contribution in [3.8, 4) is 0 Å². The summed E-state index contributed by atoms with van der Waals surface area (Å²) in [4.78, 5) is 11.6. The van der Waals surface area contributed by atoms with Gasteiger partial charge in [-0.15, -0.1) is 0 Å². The second-order valence-electron chi connectivity index (χ2n) is 3.86. The van der Waals surface area contributed by atoms with Crippen LogP contribution in [0.5, 0.6) is 0 Å². The Morgan fingerprint density at radius 3 is 2.74 bits per heavy atom. The number of carbonyl (C=O) groups excluding carboxylic acids is 1. The van der Waals surface area contributed by atoms with Crippen molar-refractivity contribution in [1.29, 1.82) is 0 Å². The molecule has 2 amide bonds. The fourth-order valence-corrected chi connectivity index (χ4v) is 2.30. The van der Waals surface area contributed by atoms with Crippen molar-refractivity contribution in [2.24, 2.45) is 0 Å². The predicted molar refractivity (Wildman–Crippen MR) is 81.3 cm³/mol. The molecule has 2 aromatic rings. The zero-order valence-electron chi connectivity index (χ0n) is 9.95. The molecule has 100 valence electrons. The maximum absolute atomic E-state index is 11.6. The van der Waals surface area contributed by atoms with Gasteiger partial charge in [-0.05, 0) is 46.1 Å². The van der Waals surface area contributed by atoms with Crippen LogP contribution in [-0.4, -0.2) is 12.6 Å². The van der Waals surface area contributed by atoms with Gasteiger partial charge in [0.2, 0.25) is 5.88 Å². The summed E-state index contributed by atoms with van der Waals surface area (Å²) in [6.45, 7) is 0.560. The molecule has 0 atom stereocenters. The number of rotatable bonds is 4. The summed E-state index contributed by atoms with van der Waals surface area (Å²) in [5.41, 5.74) is 1.16. The summed E-state index contributed by atoms with van der Waals surface area (Å²) in [5, 5.41) is 5.37. The molecule has 0 bridgehead atoms. The number of benzene rings is 1. The number of hydrogen-bond donors (Lipinski definition) is 2. The first kappa shape index (κ1) is 14.1. The molecule has 0 aliphatic heterocycles. The fraction of sp³-hybridized carbons (Fsp3) is 0.154. The van der Waals surface area contributed by atoms with Crippen molar-refractivity contribution in [2.75, 3.05) is 11.9 Å². The van der Waals surface area contributed by atoms with Crippen LogP contribution in [0.1, 0.15) is 5.56 Å². The van der Waals surface area contributed by atoms with Crippen LogP contribution in [0.4, 0.5) is 10.7 Å². The molecule has 0 fully saturated rings. The SMILES string of the molecule is O=C(NCCc1cccc(Br)c1)Nc1ccc(Br)o1. The van der Waals surface area contributed by atoms with Gasteiger partial charge < -0.3 is 9.73 Å². The summed E-state index contributed by atoms with van der Waals surface area (Å²) in [5.74, 6) is 0.409. The summed E-state index contributed by atoms with van der Waals surface area (Å²) < 4.78 is 6.79. The molecular weight excluding hydrogens is 376 g/mol. The number of nitrogens with one attached hydrogen (secondary N) is 2. The highest BCUT2D eigenvalue weighted by Crippen LogP contribution is 2.17. The van der Waals surface area contributed by atoms with E-state index in [1.54, 1.807) is 12.1 Å². The van der Waals surface area contributed by atoms with Gasteiger partial charge in [-0.25, -0.2) is 4.79 Å². The highest BCUT2D eigenvalue weighted by Gasteiger charge is 2.04. The quantitative estimate of drug-likeness (QED) is 0.827. The summed E-state index contributed by atoms with van der Waals surface area (Å²) in [6.07, 6.45) is 0.773. The minimum atomic E-state index is -0.281. The molecule has 0 spiro atoms. The minimum Gasteiger partial charge on any atom is -0.434 e. The Bertz CT molecular complexity index is 569. The van der Waals surface area contributed by atoms with Crippen molar-refractivity contribution in [2.45, 2.75) is 6.42 Å². The Morgan fingerprint density at radius 1 is 1.21 bits per heavy atom. The molecule has 6 heteroatoms. The lowest BCUT2D eigenvalue weighted by Gasteiger charge is -2.06. The van der Waals surface area contributed by atoms with Crippen LogP contribution in [0, 0.1) is 0 Å². The topological polar surface area (TPSA) is 54.3 Å². The van der Waals surface area contributed by atoms with Crippen molar-refractivity contribution in [1.82, 2.24) is 5.32 Å². The average molecular weight is 388 g/mol. The van der Waals surface area contributed by atoms with E-state index in [1.165, 1.54) is 0 Å². The number of furan rings is 1. The van der Waals surface area contributed by atoms with Crippen LogP contribution in [0.3, 0.4) is 0 Å². The van der Waals surface area contributed by atoms with Crippen LogP contribution in [0.25, 0.3) is 0 Å². The molecule has 0 saturated carbocycles. The van der Waals surface area contributed by atoms with E-state index in [1.807, 2.05) is 24.3 Å². The molecule has 0 aliphatic rings.